The van der Waals surface area contributed by atoms with Crippen molar-refractivity contribution < 1.29 is 4.39 Å². The maximum Gasteiger partial charge on any atom is 0.146 e. The van der Waals surface area contributed by atoms with Crippen molar-refractivity contribution >= 4 is 22.9 Å². The van der Waals surface area contributed by atoms with Crippen LogP contribution >= 0.6 is 12.2 Å². The number of pyridine rings is 1. The Balaban J connectivity index is 1.74. The molecule has 1 N–H and O–H groups in total. The van der Waals surface area contributed by atoms with Gasteiger partial charge in [-0.2, -0.15) is 0 Å². The third-order valence-electron chi connectivity index (χ3n) is 3.19. The van der Waals surface area contributed by atoms with E-state index in [1.54, 1.807) is 18.2 Å². The minimum atomic E-state index is -0.320. The summed E-state index contributed by atoms with van der Waals surface area (Å²) in [6.07, 6.45) is 4.36. The van der Waals surface area contributed by atoms with Crippen LogP contribution in [0.4, 0.5) is 10.1 Å². The number of nitrogens with one attached hydrogen (secondary N) is 1. The molecular weight excluding hydrogens is 259 g/mol. The van der Waals surface area contributed by atoms with Crippen molar-refractivity contribution in [3.05, 3.63) is 59.7 Å². The zero-order valence-corrected chi connectivity index (χ0v) is 11.1. The van der Waals surface area contributed by atoms with E-state index in [2.05, 4.69) is 16.4 Å². The van der Waals surface area contributed by atoms with E-state index in [1.165, 1.54) is 24.5 Å². The Labute approximate surface area is 116 Å². The van der Waals surface area contributed by atoms with Gasteiger partial charge in [0.15, 0.2) is 0 Å². The van der Waals surface area contributed by atoms with Gasteiger partial charge < -0.3 is 5.32 Å². The van der Waals surface area contributed by atoms with Crippen LogP contribution in [0.5, 0.6) is 0 Å². The SMILES string of the molecule is Fc1ccccc1NC(=S)c1ccc(C2CC2)cn1. The third kappa shape index (κ3) is 2.79. The second kappa shape index (κ2) is 5.05. The van der Waals surface area contributed by atoms with Crippen molar-refractivity contribution in [2.45, 2.75) is 18.8 Å². The molecule has 1 heterocycles. The maximum atomic E-state index is 13.5. The summed E-state index contributed by atoms with van der Waals surface area (Å²) in [6, 6.07) is 10.4. The van der Waals surface area contributed by atoms with Gasteiger partial charge in [-0.3, -0.25) is 4.98 Å². The predicted octanol–water partition coefficient (Wildman–Crippen LogP) is 3.89. The van der Waals surface area contributed by atoms with E-state index in [4.69, 9.17) is 12.2 Å². The van der Waals surface area contributed by atoms with Gasteiger partial charge in [-0.15, -0.1) is 0 Å². The summed E-state index contributed by atoms with van der Waals surface area (Å²) in [6.45, 7) is 0. The van der Waals surface area contributed by atoms with Crippen LogP contribution in [0.25, 0.3) is 0 Å². The van der Waals surface area contributed by atoms with Crippen LogP contribution in [0.3, 0.4) is 0 Å². The molecule has 1 aromatic heterocycles. The molecule has 0 amide bonds. The largest absolute Gasteiger partial charge is 0.342 e. The second-order valence-electron chi connectivity index (χ2n) is 4.69. The predicted molar refractivity (Wildman–Crippen MR) is 77.9 cm³/mol. The number of rotatable bonds is 3. The molecule has 2 nitrogen and oxygen atoms in total. The van der Waals surface area contributed by atoms with E-state index < -0.39 is 0 Å². The average Bonchev–Trinajstić information content (AvgIpc) is 3.26. The number of hydrogen-bond donors (Lipinski definition) is 1. The number of aromatic nitrogens is 1. The Morgan fingerprint density at radius 3 is 2.63 bits per heavy atom. The smallest absolute Gasteiger partial charge is 0.146 e. The zero-order chi connectivity index (χ0) is 13.2. The highest BCUT2D eigenvalue weighted by Gasteiger charge is 2.23. The topological polar surface area (TPSA) is 24.9 Å². The van der Waals surface area contributed by atoms with Gasteiger partial charge in [0.05, 0.1) is 11.4 Å². The average molecular weight is 272 g/mol. The van der Waals surface area contributed by atoms with Crippen molar-refractivity contribution in [2.24, 2.45) is 0 Å². The number of para-hydroxylation sites is 1. The summed E-state index contributed by atoms with van der Waals surface area (Å²) in [5, 5.41) is 2.88. The Morgan fingerprint density at radius 1 is 1.21 bits per heavy atom. The lowest BCUT2D eigenvalue weighted by atomic mass is 10.2. The van der Waals surface area contributed by atoms with E-state index >= 15 is 0 Å². The summed E-state index contributed by atoms with van der Waals surface area (Å²) >= 11 is 5.25. The van der Waals surface area contributed by atoms with Crippen molar-refractivity contribution in [1.29, 1.82) is 0 Å². The van der Waals surface area contributed by atoms with Crippen molar-refractivity contribution in [3.8, 4) is 0 Å². The fourth-order valence-corrected chi connectivity index (χ4v) is 2.18. The van der Waals surface area contributed by atoms with E-state index in [0.717, 1.165) is 0 Å². The molecule has 0 radical (unpaired) electrons. The molecular formula is C15H13FN2S. The van der Waals surface area contributed by atoms with E-state index in [0.29, 0.717) is 22.3 Å². The number of benzene rings is 1. The molecule has 96 valence electrons. The highest BCUT2D eigenvalue weighted by Crippen LogP contribution is 2.39. The lowest BCUT2D eigenvalue weighted by Crippen LogP contribution is -2.13. The van der Waals surface area contributed by atoms with Gasteiger partial charge in [0.2, 0.25) is 0 Å². The van der Waals surface area contributed by atoms with Crippen LogP contribution in [0, 0.1) is 5.82 Å². The van der Waals surface area contributed by atoms with E-state index in [-0.39, 0.29) is 5.82 Å². The van der Waals surface area contributed by atoms with Crippen LogP contribution in [0.15, 0.2) is 42.6 Å². The van der Waals surface area contributed by atoms with Gasteiger partial charge >= 0.3 is 0 Å². The molecule has 0 spiro atoms. The molecule has 0 aliphatic heterocycles. The number of nitrogens with zero attached hydrogens (tertiary/aromatic N) is 1. The quantitative estimate of drug-likeness (QED) is 0.858. The summed E-state index contributed by atoms with van der Waals surface area (Å²) in [7, 11) is 0. The fraction of sp³-hybridized carbons (Fsp3) is 0.200. The molecule has 1 saturated carbocycles. The van der Waals surface area contributed by atoms with Crippen LogP contribution in [-0.2, 0) is 0 Å². The number of thiocarbonyl (C=S) groups is 1. The molecule has 3 rings (SSSR count). The molecule has 1 aliphatic carbocycles. The van der Waals surface area contributed by atoms with Gasteiger partial charge in [0.1, 0.15) is 10.8 Å². The number of anilines is 1. The van der Waals surface area contributed by atoms with Crippen molar-refractivity contribution in [1.82, 2.24) is 4.98 Å². The molecule has 0 atom stereocenters. The lowest BCUT2D eigenvalue weighted by Gasteiger charge is -2.08. The van der Waals surface area contributed by atoms with Crippen LogP contribution < -0.4 is 5.32 Å². The monoisotopic (exact) mass is 272 g/mol. The Hall–Kier alpha value is -1.81. The normalized spacial score (nSPS) is 14.2. The molecule has 0 unspecified atom stereocenters. The molecule has 1 fully saturated rings. The minimum Gasteiger partial charge on any atom is -0.342 e. The molecule has 0 saturated heterocycles. The zero-order valence-electron chi connectivity index (χ0n) is 10.3. The molecule has 4 heteroatoms. The van der Waals surface area contributed by atoms with Gasteiger partial charge in [-0.25, -0.2) is 4.39 Å². The summed E-state index contributed by atoms with van der Waals surface area (Å²) in [5.74, 6) is 0.356. The Morgan fingerprint density at radius 2 is 2.00 bits per heavy atom. The first-order valence-corrected chi connectivity index (χ1v) is 6.67. The molecule has 1 aromatic carbocycles. The first kappa shape index (κ1) is 12.2. The van der Waals surface area contributed by atoms with Gasteiger partial charge in [0, 0.05) is 6.20 Å². The number of halogens is 1. The Bertz CT molecular complexity index is 606. The molecule has 2 aromatic rings. The van der Waals surface area contributed by atoms with Gasteiger partial charge in [-0.05, 0) is 42.5 Å². The first-order valence-electron chi connectivity index (χ1n) is 6.26. The number of hydrogen-bond acceptors (Lipinski definition) is 2. The standard InChI is InChI=1S/C15H13FN2S/c16-12-3-1-2-4-13(12)18-15(19)14-8-7-11(9-17-14)10-5-6-10/h1-4,7-10H,5-6H2,(H,18,19). The highest BCUT2D eigenvalue weighted by atomic mass is 32.1. The molecule has 0 bridgehead atoms. The lowest BCUT2D eigenvalue weighted by molar-refractivity contribution is 0.632. The van der Waals surface area contributed by atoms with Crippen LogP contribution in [-0.4, -0.2) is 9.97 Å². The van der Waals surface area contributed by atoms with E-state index in [9.17, 15) is 4.39 Å². The van der Waals surface area contributed by atoms with Gasteiger partial charge in [0.25, 0.3) is 0 Å². The van der Waals surface area contributed by atoms with Crippen molar-refractivity contribution in [2.75, 3.05) is 5.32 Å². The molecule has 19 heavy (non-hydrogen) atoms. The first-order chi connectivity index (χ1) is 9.24. The Kier molecular flexibility index (Phi) is 3.25. The van der Waals surface area contributed by atoms with Crippen LogP contribution in [0.2, 0.25) is 0 Å². The molecule has 1 aliphatic rings. The summed E-state index contributed by atoms with van der Waals surface area (Å²) in [4.78, 5) is 4.78. The van der Waals surface area contributed by atoms with Crippen LogP contribution in [0.1, 0.15) is 30.0 Å². The second-order valence-corrected chi connectivity index (χ2v) is 5.09. The maximum absolute atomic E-state index is 13.5. The third-order valence-corrected chi connectivity index (χ3v) is 3.50. The van der Waals surface area contributed by atoms with Crippen molar-refractivity contribution in [3.63, 3.8) is 0 Å². The highest BCUT2D eigenvalue weighted by molar-refractivity contribution is 7.81. The fourth-order valence-electron chi connectivity index (χ4n) is 1.95. The summed E-state index contributed by atoms with van der Waals surface area (Å²) < 4.78 is 13.5. The van der Waals surface area contributed by atoms with Gasteiger partial charge in [-0.1, -0.05) is 30.4 Å². The minimum absolute atomic E-state index is 0.320. The van der Waals surface area contributed by atoms with E-state index in [1.807, 2.05) is 12.3 Å². The summed E-state index contributed by atoms with van der Waals surface area (Å²) in [5.41, 5.74) is 2.31.